The van der Waals surface area contributed by atoms with Crippen LogP contribution in [0.1, 0.15) is 11.1 Å². The van der Waals surface area contributed by atoms with Gasteiger partial charge >= 0.3 is 0 Å². The summed E-state index contributed by atoms with van der Waals surface area (Å²) in [5.74, 6) is 0.754. The number of nitrogens with zero attached hydrogens (tertiary/aromatic N) is 1. The molecular formula is C28H21NO2. The molecule has 0 aromatic heterocycles. The van der Waals surface area contributed by atoms with Gasteiger partial charge in [0.2, 0.25) is 0 Å². The van der Waals surface area contributed by atoms with E-state index in [0.29, 0.717) is 5.57 Å². The first-order valence-corrected chi connectivity index (χ1v) is 10.2. The van der Waals surface area contributed by atoms with Crippen molar-refractivity contribution in [3.05, 3.63) is 120 Å². The number of carbonyl (C=O) groups excluding carboxylic acids is 1. The summed E-state index contributed by atoms with van der Waals surface area (Å²) in [6.45, 7) is 0. The molecule has 1 amide bonds. The minimum atomic E-state index is -0.0361. The molecule has 4 aromatic carbocycles. The molecule has 0 saturated heterocycles. The van der Waals surface area contributed by atoms with Crippen molar-refractivity contribution in [1.29, 1.82) is 0 Å². The molecule has 1 aliphatic heterocycles. The van der Waals surface area contributed by atoms with Crippen molar-refractivity contribution in [2.45, 2.75) is 0 Å². The Morgan fingerprint density at radius 3 is 2.26 bits per heavy atom. The molecule has 0 N–H and O–H groups in total. The molecule has 0 fully saturated rings. The van der Waals surface area contributed by atoms with E-state index in [-0.39, 0.29) is 5.91 Å². The van der Waals surface area contributed by atoms with Crippen LogP contribution in [0, 0.1) is 0 Å². The average molecular weight is 403 g/mol. The summed E-state index contributed by atoms with van der Waals surface area (Å²) < 4.78 is 5.24. The third-order valence-electron chi connectivity index (χ3n) is 5.50. The topological polar surface area (TPSA) is 29.5 Å². The van der Waals surface area contributed by atoms with E-state index in [9.17, 15) is 4.79 Å². The minimum Gasteiger partial charge on any atom is -0.497 e. The predicted molar refractivity (Wildman–Crippen MR) is 127 cm³/mol. The number of benzene rings is 4. The number of carbonyl (C=O) groups is 1. The Bertz CT molecular complexity index is 1310. The molecule has 1 aliphatic rings. The standard InChI is InChI=1S/C28H21NO2/c1-31-24-16-14-20(15-17-24)18-23-19-27(22-9-3-2-4-10-22)29(28(23)30)26-13-7-11-21-8-5-6-12-25(21)26/h2-19H,1H3. The van der Waals surface area contributed by atoms with Gasteiger partial charge in [0.05, 0.1) is 18.5 Å². The summed E-state index contributed by atoms with van der Waals surface area (Å²) in [4.78, 5) is 15.5. The third kappa shape index (κ3) is 3.51. The zero-order valence-electron chi connectivity index (χ0n) is 17.2. The molecule has 3 nitrogen and oxygen atoms in total. The molecule has 0 saturated carbocycles. The number of rotatable bonds is 4. The van der Waals surface area contributed by atoms with Crippen molar-refractivity contribution in [3.8, 4) is 5.75 Å². The summed E-state index contributed by atoms with van der Waals surface area (Å²) in [6, 6.07) is 32.0. The van der Waals surface area contributed by atoms with E-state index in [1.807, 2.05) is 95.9 Å². The van der Waals surface area contributed by atoms with E-state index in [1.54, 1.807) is 7.11 Å². The summed E-state index contributed by atoms with van der Waals surface area (Å²) in [5.41, 5.74) is 4.37. The van der Waals surface area contributed by atoms with E-state index in [0.717, 1.165) is 39.0 Å². The fourth-order valence-electron chi connectivity index (χ4n) is 3.96. The predicted octanol–water partition coefficient (Wildman–Crippen LogP) is 6.32. The highest BCUT2D eigenvalue weighted by Gasteiger charge is 2.31. The van der Waals surface area contributed by atoms with Crippen LogP contribution in [0.15, 0.2) is 109 Å². The van der Waals surface area contributed by atoms with Crippen molar-refractivity contribution in [3.63, 3.8) is 0 Å². The van der Waals surface area contributed by atoms with E-state index in [2.05, 4.69) is 18.2 Å². The summed E-state index contributed by atoms with van der Waals surface area (Å²) in [6.07, 6.45) is 3.90. The van der Waals surface area contributed by atoms with E-state index < -0.39 is 0 Å². The van der Waals surface area contributed by atoms with E-state index in [4.69, 9.17) is 4.74 Å². The van der Waals surface area contributed by atoms with Crippen molar-refractivity contribution in [2.24, 2.45) is 0 Å². The zero-order valence-corrected chi connectivity index (χ0v) is 17.2. The lowest BCUT2D eigenvalue weighted by Gasteiger charge is -2.22. The molecule has 0 radical (unpaired) electrons. The van der Waals surface area contributed by atoms with Gasteiger partial charge in [-0.25, -0.2) is 0 Å². The van der Waals surface area contributed by atoms with Crippen molar-refractivity contribution >= 4 is 34.1 Å². The molecule has 0 bridgehead atoms. The Morgan fingerprint density at radius 2 is 1.48 bits per heavy atom. The Morgan fingerprint density at radius 1 is 0.774 bits per heavy atom. The highest BCUT2D eigenvalue weighted by molar-refractivity contribution is 6.25. The number of anilines is 1. The van der Waals surface area contributed by atoms with Crippen LogP contribution in [0.25, 0.3) is 22.5 Å². The molecule has 0 spiro atoms. The number of fused-ring (bicyclic) bond motifs is 1. The molecule has 0 atom stereocenters. The van der Waals surface area contributed by atoms with E-state index in [1.165, 1.54) is 0 Å². The van der Waals surface area contributed by atoms with Gasteiger partial charge in [-0.2, -0.15) is 0 Å². The number of hydrogen-bond donors (Lipinski definition) is 0. The number of methoxy groups -OCH3 is 1. The maximum absolute atomic E-state index is 13.6. The minimum absolute atomic E-state index is 0.0361. The number of amides is 1. The van der Waals surface area contributed by atoms with Gasteiger partial charge in [-0.15, -0.1) is 0 Å². The Labute approximate surface area is 181 Å². The monoisotopic (exact) mass is 403 g/mol. The first kappa shape index (κ1) is 18.9. The van der Waals surface area contributed by atoms with E-state index >= 15 is 0 Å². The molecule has 31 heavy (non-hydrogen) atoms. The normalized spacial score (nSPS) is 14.9. The van der Waals surface area contributed by atoms with Gasteiger partial charge in [-0.1, -0.05) is 78.9 Å². The SMILES string of the molecule is COc1ccc(C=C2C=C(c3ccccc3)N(c3cccc4ccccc34)C2=O)cc1. The van der Waals surface area contributed by atoms with Crippen LogP contribution in [0.3, 0.4) is 0 Å². The van der Waals surface area contributed by atoms with Crippen molar-refractivity contribution in [2.75, 3.05) is 12.0 Å². The Kier molecular flexibility index (Phi) is 4.85. The first-order valence-electron chi connectivity index (χ1n) is 10.2. The maximum atomic E-state index is 13.6. The maximum Gasteiger partial charge on any atom is 0.262 e. The van der Waals surface area contributed by atoms with Crippen molar-refractivity contribution in [1.82, 2.24) is 0 Å². The molecule has 3 heteroatoms. The summed E-state index contributed by atoms with van der Waals surface area (Å²) >= 11 is 0. The molecule has 4 aromatic rings. The largest absolute Gasteiger partial charge is 0.497 e. The number of hydrogen-bond acceptors (Lipinski definition) is 2. The second-order valence-electron chi connectivity index (χ2n) is 7.41. The van der Waals surface area contributed by atoms with Gasteiger partial charge in [0.15, 0.2) is 0 Å². The fourth-order valence-corrected chi connectivity index (χ4v) is 3.96. The smallest absolute Gasteiger partial charge is 0.262 e. The summed E-state index contributed by atoms with van der Waals surface area (Å²) in [7, 11) is 1.64. The highest BCUT2D eigenvalue weighted by Crippen LogP contribution is 2.38. The second-order valence-corrected chi connectivity index (χ2v) is 7.41. The van der Waals surface area contributed by atoms with Gasteiger partial charge in [0, 0.05) is 11.0 Å². The molecule has 5 rings (SSSR count). The van der Waals surface area contributed by atoms with Gasteiger partial charge < -0.3 is 4.74 Å². The highest BCUT2D eigenvalue weighted by atomic mass is 16.5. The Balaban J connectivity index is 1.65. The van der Waals surface area contributed by atoms with Crippen LogP contribution >= 0.6 is 0 Å². The second kappa shape index (κ2) is 7.96. The third-order valence-corrected chi connectivity index (χ3v) is 5.50. The van der Waals surface area contributed by atoms with Gasteiger partial charge in [0.25, 0.3) is 5.91 Å². The van der Waals surface area contributed by atoms with Gasteiger partial charge in [0.1, 0.15) is 5.75 Å². The van der Waals surface area contributed by atoms with Gasteiger partial charge in [-0.3, -0.25) is 9.69 Å². The molecule has 150 valence electrons. The van der Waals surface area contributed by atoms with Crippen LogP contribution < -0.4 is 9.64 Å². The molecule has 0 unspecified atom stereocenters. The lowest BCUT2D eigenvalue weighted by atomic mass is 10.1. The first-order chi connectivity index (χ1) is 15.2. The average Bonchev–Trinajstić information content (AvgIpc) is 3.15. The quantitative estimate of drug-likeness (QED) is 0.373. The van der Waals surface area contributed by atoms with Crippen LogP contribution in [0.2, 0.25) is 0 Å². The van der Waals surface area contributed by atoms with Crippen LogP contribution in [-0.4, -0.2) is 13.0 Å². The van der Waals surface area contributed by atoms with Crippen LogP contribution in [0.4, 0.5) is 5.69 Å². The lowest BCUT2D eigenvalue weighted by Crippen LogP contribution is -2.25. The summed E-state index contributed by atoms with van der Waals surface area (Å²) in [5, 5.41) is 2.15. The molecule has 1 heterocycles. The fraction of sp³-hybridized carbons (Fsp3) is 0.0357. The van der Waals surface area contributed by atoms with Crippen molar-refractivity contribution < 1.29 is 9.53 Å². The zero-order chi connectivity index (χ0) is 21.2. The van der Waals surface area contributed by atoms with Gasteiger partial charge in [-0.05, 0) is 46.9 Å². The Hall–Kier alpha value is -4.11. The molecular weight excluding hydrogens is 382 g/mol. The molecule has 0 aliphatic carbocycles. The van der Waals surface area contributed by atoms with Crippen LogP contribution in [-0.2, 0) is 4.79 Å². The number of ether oxygens (including phenoxy) is 1. The van der Waals surface area contributed by atoms with Crippen LogP contribution in [0.5, 0.6) is 5.75 Å². The lowest BCUT2D eigenvalue weighted by molar-refractivity contribution is -0.113.